The van der Waals surface area contributed by atoms with Crippen molar-refractivity contribution in [3.05, 3.63) is 42.5 Å². The SMILES string of the molecule is O=C(Nc1ccccc1)OC1/C=C\CCCCC1. The Morgan fingerprint density at radius 2 is 2.00 bits per heavy atom. The lowest BCUT2D eigenvalue weighted by molar-refractivity contribution is 0.127. The standard InChI is InChI=1S/C15H19NO2/c17-15(16-13-9-5-4-6-10-13)18-14-11-7-2-1-3-8-12-14/h4-7,9-11,14H,1-3,8,12H2,(H,16,17)/b11-7-. The largest absolute Gasteiger partial charge is 0.442 e. The van der Waals surface area contributed by atoms with Crippen molar-refractivity contribution in [3.63, 3.8) is 0 Å². The number of para-hydroxylation sites is 1. The number of allylic oxidation sites excluding steroid dienone is 1. The lowest BCUT2D eigenvalue weighted by Crippen LogP contribution is -2.21. The van der Waals surface area contributed by atoms with Crippen molar-refractivity contribution in [2.24, 2.45) is 0 Å². The Hall–Kier alpha value is -1.77. The van der Waals surface area contributed by atoms with Crippen molar-refractivity contribution in [1.82, 2.24) is 0 Å². The highest BCUT2D eigenvalue weighted by molar-refractivity contribution is 5.84. The Labute approximate surface area is 108 Å². The van der Waals surface area contributed by atoms with Gasteiger partial charge in [0.1, 0.15) is 6.10 Å². The first-order valence-corrected chi connectivity index (χ1v) is 6.54. The summed E-state index contributed by atoms with van der Waals surface area (Å²) in [6.45, 7) is 0. The molecule has 1 unspecified atom stereocenters. The van der Waals surface area contributed by atoms with E-state index in [-0.39, 0.29) is 12.2 Å². The van der Waals surface area contributed by atoms with Gasteiger partial charge in [0.15, 0.2) is 0 Å². The molecule has 0 aromatic heterocycles. The van der Waals surface area contributed by atoms with Gasteiger partial charge in [-0.1, -0.05) is 30.7 Å². The van der Waals surface area contributed by atoms with Crippen LogP contribution < -0.4 is 5.32 Å². The van der Waals surface area contributed by atoms with Crippen molar-refractivity contribution in [1.29, 1.82) is 0 Å². The van der Waals surface area contributed by atoms with Gasteiger partial charge in [0.2, 0.25) is 0 Å². The molecule has 96 valence electrons. The van der Waals surface area contributed by atoms with E-state index in [0.717, 1.165) is 24.9 Å². The van der Waals surface area contributed by atoms with Gasteiger partial charge in [-0.25, -0.2) is 4.79 Å². The molecular formula is C15H19NO2. The van der Waals surface area contributed by atoms with Crippen LogP contribution in [0.3, 0.4) is 0 Å². The molecule has 0 bridgehead atoms. The third kappa shape index (κ3) is 4.24. The summed E-state index contributed by atoms with van der Waals surface area (Å²) in [5, 5.41) is 2.73. The van der Waals surface area contributed by atoms with Crippen LogP contribution >= 0.6 is 0 Å². The minimum Gasteiger partial charge on any atom is -0.442 e. The highest BCUT2D eigenvalue weighted by Gasteiger charge is 2.12. The number of nitrogens with one attached hydrogen (secondary N) is 1. The number of hydrogen-bond donors (Lipinski definition) is 1. The molecule has 1 N–H and O–H groups in total. The second-order valence-electron chi connectivity index (χ2n) is 4.50. The van der Waals surface area contributed by atoms with Crippen LogP contribution in [0, 0.1) is 0 Å². The Morgan fingerprint density at radius 3 is 2.83 bits per heavy atom. The molecule has 18 heavy (non-hydrogen) atoms. The summed E-state index contributed by atoms with van der Waals surface area (Å²) >= 11 is 0. The molecular weight excluding hydrogens is 226 g/mol. The third-order valence-electron chi connectivity index (χ3n) is 2.99. The quantitative estimate of drug-likeness (QED) is 0.796. The number of carbonyl (C=O) groups is 1. The minimum absolute atomic E-state index is 0.0889. The summed E-state index contributed by atoms with van der Waals surface area (Å²) in [7, 11) is 0. The number of benzene rings is 1. The van der Waals surface area contributed by atoms with Crippen LogP contribution in [0.1, 0.15) is 32.1 Å². The lowest BCUT2D eigenvalue weighted by atomic mass is 10.0. The second kappa shape index (κ2) is 6.84. The van der Waals surface area contributed by atoms with Crippen molar-refractivity contribution < 1.29 is 9.53 Å². The van der Waals surface area contributed by atoms with Gasteiger partial charge < -0.3 is 4.74 Å². The second-order valence-corrected chi connectivity index (χ2v) is 4.50. The van der Waals surface area contributed by atoms with Crippen LogP contribution in [-0.2, 0) is 4.74 Å². The monoisotopic (exact) mass is 245 g/mol. The zero-order valence-corrected chi connectivity index (χ0v) is 10.5. The molecule has 2 rings (SSSR count). The van der Waals surface area contributed by atoms with Crippen molar-refractivity contribution in [3.8, 4) is 0 Å². The summed E-state index contributed by atoms with van der Waals surface area (Å²) in [5.41, 5.74) is 0.761. The van der Waals surface area contributed by atoms with E-state index >= 15 is 0 Å². The van der Waals surface area contributed by atoms with Crippen LogP contribution in [0.2, 0.25) is 0 Å². The molecule has 3 heteroatoms. The summed E-state index contributed by atoms with van der Waals surface area (Å²) in [6.07, 6.45) is 9.21. The molecule has 0 fully saturated rings. The fraction of sp³-hybridized carbons (Fsp3) is 0.400. The van der Waals surface area contributed by atoms with Gasteiger partial charge in [-0.05, 0) is 43.9 Å². The van der Waals surface area contributed by atoms with Crippen LogP contribution in [-0.4, -0.2) is 12.2 Å². The fourth-order valence-corrected chi connectivity index (χ4v) is 2.03. The normalized spacial score (nSPS) is 21.4. The topological polar surface area (TPSA) is 38.3 Å². The first kappa shape index (κ1) is 12.7. The first-order valence-electron chi connectivity index (χ1n) is 6.54. The zero-order chi connectivity index (χ0) is 12.6. The van der Waals surface area contributed by atoms with Gasteiger partial charge in [0.05, 0.1) is 0 Å². The average Bonchev–Trinajstić information content (AvgIpc) is 2.34. The van der Waals surface area contributed by atoms with Gasteiger partial charge in [-0.3, -0.25) is 5.32 Å². The van der Waals surface area contributed by atoms with Crippen molar-refractivity contribution >= 4 is 11.8 Å². The van der Waals surface area contributed by atoms with Crippen LogP contribution in [0.15, 0.2) is 42.5 Å². The number of rotatable bonds is 2. The number of hydrogen-bond acceptors (Lipinski definition) is 2. The van der Waals surface area contributed by atoms with E-state index in [1.54, 1.807) is 0 Å². The van der Waals surface area contributed by atoms with E-state index in [1.807, 2.05) is 36.4 Å². The maximum absolute atomic E-state index is 11.7. The molecule has 1 aliphatic carbocycles. The van der Waals surface area contributed by atoms with Gasteiger partial charge in [0, 0.05) is 5.69 Å². The van der Waals surface area contributed by atoms with Gasteiger partial charge in [-0.2, -0.15) is 0 Å². The number of anilines is 1. The Kier molecular flexibility index (Phi) is 4.82. The van der Waals surface area contributed by atoms with E-state index in [4.69, 9.17) is 4.74 Å². The maximum Gasteiger partial charge on any atom is 0.412 e. The molecule has 1 amide bonds. The van der Waals surface area contributed by atoms with Gasteiger partial charge in [0.25, 0.3) is 0 Å². The van der Waals surface area contributed by atoms with Gasteiger partial charge >= 0.3 is 6.09 Å². The van der Waals surface area contributed by atoms with Crippen LogP contribution in [0.25, 0.3) is 0 Å². The summed E-state index contributed by atoms with van der Waals surface area (Å²) < 4.78 is 5.39. The Morgan fingerprint density at radius 1 is 1.17 bits per heavy atom. The molecule has 0 saturated carbocycles. The summed E-state index contributed by atoms with van der Waals surface area (Å²) in [6, 6.07) is 9.36. The third-order valence-corrected chi connectivity index (χ3v) is 2.99. The zero-order valence-electron chi connectivity index (χ0n) is 10.5. The molecule has 0 saturated heterocycles. The van der Waals surface area contributed by atoms with Crippen molar-refractivity contribution in [2.75, 3.05) is 5.32 Å². The summed E-state index contributed by atoms with van der Waals surface area (Å²) in [4.78, 5) is 11.7. The highest BCUT2D eigenvalue weighted by atomic mass is 16.6. The molecule has 0 aliphatic heterocycles. The van der Waals surface area contributed by atoms with E-state index in [2.05, 4.69) is 11.4 Å². The number of carbonyl (C=O) groups excluding carboxylic acids is 1. The molecule has 1 atom stereocenters. The number of amides is 1. The van der Waals surface area contributed by atoms with Crippen LogP contribution in [0.5, 0.6) is 0 Å². The fourth-order valence-electron chi connectivity index (χ4n) is 2.03. The van der Waals surface area contributed by atoms with E-state index in [0.29, 0.717) is 0 Å². The van der Waals surface area contributed by atoms with Gasteiger partial charge in [-0.15, -0.1) is 0 Å². The maximum atomic E-state index is 11.7. The predicted molar refractivity (Wildman–Crippen MR) is 72.6 cm³/mol. The average molecular weight is 245 g/mol. The predicted octanol–water partition coefficient (Wildman–Crippen LogP) is 4.12. The molecule has 3 nitrogen and oxygen atoms in total. The van der Waals surface area contributed by atoms with E-state index in [9.17, 15) is 4.79 Å². The molecule has 0 spiro atoms. The first-order chi connectivity index (χ1) is 8.84. The smallest absolute Gasteiger partial charge is 0.412 e. The van der Waals surface area contributed by atoms with E-state index in [1.165, 1.54) is 12.8 Å². The molecule has 0 heterocycles. The van der Waals surface area contributed by atoms with Crippen molar-refractivity contribution in [2.45, 2.75) is 38.2 Å². The Bertz CT molecular complexity index is 400. The number of ether oxygens (including phenoxy) is 1. The van der Waals surface area contributed by atoms with E-state index < -0.39 is 0 Å². The highest BCUT2D eigenvalue weighted by Crippen LogP contribution is 2.15. The Balaban J connectivity index is 1.84. The molecule has 1 aromatic rings. The summed E-state index contributed by atoms with van der Waals surface area (Å²) in [5.74, 6) is 0. The molecule has 1 aliphatic rings. The minimum atomic E-state index is -0.378. The van der Waals surface area contributed by atoms with Crippen LogP contribution in [0.4, 0.5) is 10.5 Å². The molecule has 0 radical (unpaired) electrons. The molecule has 1 aromatic carbocycles. The lowest BCUT2D eigenvalue weighted by Gasteiger charge is -2.16.